The fraction of sp³-hybridized carbons (Fsp3) is 0.600. The lowest BCUT2D eigenvalue weighted by Gasteiger charge is -2.09. The lowest BCUT2D eigenvalue weighted by Crippen LogP contribution is -2.37. The van der Waals surface area contributed by atoms with Crippen LogP contribution >= 0.6 is 35.3 Å². The maximum Gasteiger partial charge on any atom is 0.166 e. The normalized spacial score (nSPS) is 10.2. The number of thiazole rings is 1. The van der Waals surface area contributed by atoms with Crippen LogP contribution in [0, 0.1) is 0 Å². The van der Waals surface area contributed by atoms with Crippen LogP contribution < -0.4 is 16.4 Å². The van der Waals surface area contributed by atoms with Gasteiger partial charge in [0.2, 0.25) is 0 Å². The van der Waals surface area contributed by atoms with E-state index in [4.69, 9.17) is 18.0 Å². The Labute approximate surface area is 116 Å². The van der Waals surface area contributed by atoms with Crippen molar-refractivity contribution >= 4 is 40.4 Å². The molecule has 1 rings (SSSR count). The molecule has 0 aliphatic carbocycles. The monoisotopic (exact) mass is 290 g/mol. The summed E-state index contributed by atoms with van der Waals surface area (Å²) in [5.41, 5.74) is 5.39. The predicted octanol–water partition coefficient (Wildman–Crippen LogP) is 1.19. The van der Waals surface area contributed by atoms with Crippen LogP contribution in [0.3, 0.4) is 0 Å². The SMILES string of the molecule is NCCCNC(=S)NCCSCc1nccs1. The van der Waals surface area contributed by atoms with Crippen LogP contribution in [0.5, 0.6) is 0 Å². The number of rotatable bonds is 8. The van der Waals surface area contributed by atoms with Crippen molar-refractivity contribution in [3.8, 4) is 0 Å². The zero-order valence-corrected chi connectivity index (χ0v) is 12.1. The second-order valence-electron chi connectivity index (χ2n) is 3.30. The van der Waals surface area contributed by atoms with E-state index in [0.29, 0.717) is 11.7 Å². The smallest absolute Gasteiger partial charge is 0.166 e. The number of hydrogen-bond donors (Lipinski definition) is 3. The molecule has 0 unspecified atom stereocenters. The lowest BCUT2D eigenvalue weighted by atomic mass is 10.4. The fourth-order valence-electron chi connectivity index (χ4n) is 1.09. The van der Waals surface area contributed by atoms with Gasteiger partial charge in [0.15, 0.2) is 5.11 Å². The van der Waals surface area contributed by atoms with Gasteiger partial charge in [0.05, 0.1) is 0 Å². The van der Waals surface area contributed by atoms with E-state index in [0.717, 1.165) is 31.0 Å². The number of nitrogens with zero attached hydrogens (tertiary/aromatic N) is 1. The molecule has 4 nitrogen and oxygen atoms in total. The summed E-state index contributed by atoms with van der Waals surface area (Å²) in [5, 5.41) is 10.2. The molecule has 96 valence electrons. The number of nitrogens with one attached hydrogen (secondary N) is 2. The van der Waals surface area contributed by atoms with Gasteiger partial charge in [0.25, 0.3) is 0 Å². The van der Waals surface area contributed by atoms with E-state index in [-0.39, 0.29) is 0 Å². The molecule has 1 heterocycles. The summed E-state index contributed by atoms with van der Waals surface area (Å²) >= 11 is 8.67. The molecule has 1 aromatic heterocycles. The quantitative estimate of drug-likeness (QED) is 0.494. The highest BCUT2D eigenvalue weighted by atomic mass is 32.2. The van der Waals surface area contributed by atoms with Gasteiger partial charge in [-0.2, -0.15) is 11.8 Å². The first-order valence-corrected chi connectivity index (χ1v) is 7.95. The summed E-state index contributed by atoms with van der Waals surface area (Å²) in [5.74, 6) is 2.00. The first-order valence-electron chi connectivity index (χ1n) is 5.51. The van der Waals surface area contributed by atoms with Crippen LogP contribution in [0.4, 0.5) is 0 Å². The number of hydrogen-bond acceptors (Lipinski definition) is 5. The van der Waals surface area contributed by atoms with Crippen LogP contribution in [0.1, 0.15) is 11.4 Å². The van der Waals surface area contributed by atoms with Gasteiger partial charge in [0, 0.05) is 36.2 Å². The van der Waals surface area contributed by atoms with Crippen molar-refractivity contribution in [2.24, 2.45) is 5.73 Å². The lowest BCUT2D eigenvalue weighted by molar-refractivity contribution is 0.769. The minimum absolute atomic E-state index is 0.694. The third-order valence-corrected chi connectivity index (χ3v) is 4.13. The molecule has 0 aliphatic heterocycles. The van der Waals surface area contributed by atoms with Gasteiger partial charge in [-0.1, -0.05) is 0 Å². The van der Waals surface area contributed by atoms with Crippen LogP contribution in [-0.2, 0) is 5.75 Å². The van der Waals surface area contributed by atoms with Gasteiger partial charge in [0.1, 0.15) is 5.01 Å². The molecule has 0 aromatic carbocycles. The Morgan fingerprint density at radius 1 is 1.47 bits per heavy atom. The van der Waals surface area contributed by atoms with Gasteiger partial charge < -0.3 is 16.4 Å². The largest absolute Gasteiger partial charge is 0.363 e. The topological polar surface area (TPSA) is 63.0 Å². The van der Waals surface area contributed by atoms with Gasteiger partial charge in [-0.05, 0) is 25.2 Å². The maximum absolute atomic E-state index is 5.39. The summed E-state index contributed by atoms with van der Waals surface area (Å²) in [6.45, 7) is 2.42. The second-order valence-corrected chi connectivity index (χ2v) is 5.80. The van der Waals surface area contributed by atoms with E-state index >= 15 is 0 Å². The minimum Gasteiger partial charge on any atom is -0.363 e. The van der Waals surface area contributed by atoms with Crippen molar-refractivity contribution < 1.29 is 0 Å². The van der Waals surface area contributed by atoms with E-state index in [1.807, 2.05) is 23.3 Å². The first kappa shape index (κ1) is 14.7. The second kappa shape index (κ2) is 9.64. The molecule has 0 amide bonds. The molecule has 0 bridgehead atoms. The number of nitrogens with two attached hydrogens (primary N) is 1. The molecule has 0 fully saturated rings. The third kappa shape index (κ3) is 7.54. The number of thiocarbonyl (C=S) groups is 1. The Morgan fingerprint density at radius 2 is 2.29 bits per heavy atom. The zero-order valence-electron chi connectivity index (χ0n) is 9.65. The standard InChI is InChI=1S/C10H18N4S3/c11-2-1-3-13-10(15)14-4-6-16-8-9-12-5-7-17-9/h5,7H,1-4,6,8,11H2,(H2,13,14,15). The summed E-state index contributed by atoms with van der Waals surface area (Å²) in [6.07, 6.45) is 2.79. The molecule has 0 atom stereocenters. The van der Waals surface area contributed by atoms with E-state index in [1.165, 1.54) is 5.01 Å². The highest BCUT2D eigenvalue weighted by molar-refractivity contribution is 7.98. The van der Waals surface area contributed by atoms with Gasteiger partial charge in [-0.15, -0.1) is 11.3 Å². The molecule has 7 heteroatoms. The van der Waals surface area contributed by atoms with Gasteiger partial charge >= 0.3 is 0 Å². The van der Waals surface area contributed by atoms with Crippen molar-refractivity contribution in [2.75, 3.05) is 25.4 Å². The number of aromatic nitrogens is 1. The number of thioether (sulfide) groups is 1. The first-order chi connectivity index (χ1) is 8.33. The zero-order chi connectivity index (χ0) is 12.3. The van der Waals surface area contributed by atoms with Crippen molar-refractivity contribution in [3.05, 3.63) is 16.6 Å². The summed E-state index contributed by atoms with van der Waals surface area (Å²) in [7, 11) is 0. The highest BCUT2D eigenvalue weighted by Gasteiger charge is 1.97. The van der Waals surface area contributed by atoms with Crippen molar-refractivity contribution in [2.45, 2.75) is 12.2 Å². The van der Waals surface area contributed by atoms with Crippen LogP contribution in [0.2, 0.25) is 0 Å². The van der Waals surface area contributed by atoms with Gasteiger partial charge in [-0.25, -0.2) is 4.98 Å². The Morgan fingerprint density at radius 3 is 3.00 bits per heavy atom. The Kier molecular flexibility index (Phi) is 8.33. The summed E-state index contributed by atoms with van der Waals surface area (Å²) in [6, 6.07) is 0. The van der Waals surface area contributed by atoms with Crippen molar-refractivity contribution in [1.29, 1.82) is 0 Å². The van der Waals surface area contributed by atoms with E-state index < -0.39 is 0 Å². The van der Waals surface area contributed by atoms with E-state index in [1.54, 1.807) is 11.3 Å². The van der Waals surface area contributed by atoms with Crippen LogP contribution in [0.25, 0.3) is 0 Å². The molecule has 0 saturated carbocycles. The summed E-state index contributed by atoms with van der Waals surface area (Å²) < 4.78 is 0. The molecule has 17 heavy (non-hydrogen) atoms. The average Bonchev–Trinajstić information content (AvgIpc) is 2.82. The minimum atomic E-state index is 0.694. The molecule has 0 spiro atoms. The van der Waals surface area contributed by atoms with E-state index in [2.05, 4.69) is 15.6 Å². The molecule has 0 radical (unpaired) electrons. The van der Waals surface area contributed by atoms with Crippen LogP contribution in [0.15, 0.2) is 11.6 Å². The Bertz CT molecular complexity index is 303. The summed E-state index contributed by atoms with van der Waals surface area (Å²) in [4.78, 5) is 4.23. The molecule has 1 aromatic rings. The Balaban J connectivity index is 1.91. The van der Waals surface area contributed by atoms with Gasteiger partial charge in [-0.3, -0.25) is 0 Å². The average molecular weight is 290 g/mol. The highest BCUT2D eigenvalue weighted by Crippen LogP contribution is 2.13. The predicted molar refractivity (Wildman–Crippen MR) is 80.6 cm³/mol. The van der Waals surface area contributed by atoms with Crippen molar-refractivity contribution in [3.63, 3.8) is 0 Å². The van der Waals surface area contributed by atoms with E-state index in [9.17, 15) is 0 Å². The molecule has 4 N–H and O–H groups in total. The Hall–Kier alpha value is -0.370. The molecular formula is C10H18N4S3. The molecule has 0 aliphatic rings. The molecular weight excluding hydrogens is 272 g/mol. The van der Waals surface area contributed by atoms with Crippen LogP contribution in [-0.4, -0.2) is 35.5 Å². The third-order valence-electron chi connectivity index (χ3n) is 1.91. The fourth-order valence-corrected chi connectivity index (χ4v) is 2.85. The molecule has 0 saturated heterocycles. The van der Waals surface area contributed by atoms with Crippen molar-refractivity contribution in [1.82, 2.24) is 15.6 Å². The maximum atomic E-state index is 5.39.